The Hall–Kier alpha value is -2.66. The third-order valence-electron chi connectivity index (χ3n) is 4.12. The lowest BCUT2D eigenvalue weighted by molar-refractivity contribution is 0.251. The zero-order valence-electron chi connectivity index (χ0n) is 15.0. The molecule has 0 bridgehead atoms. The van der Waals surface area contributed by atoms with Crippen molar-refractivity contribution in [1.29, 1.82) is 0 Å². The highest BCUT2D eigenvalue weighted by Gasteiger charge is 2.06. The lowest BCUT2D eigenvalue weighted by atomic mass is 10.1. The number of hydrogen-bond acceptors (Lipinski definition) is 2. The summed E-state index contributed by atoms with van der Waals surface area (Å²) in [6, 6.07) is 20.1. The van der Waals surface area contributed by atoms with Gasteiger partial charge in [-0.15, -0.1) is 11.8 Å². The van der Waals surface area contributed by atoms with Gasteiger partial charge in [0.25, 0.3) is 0 Å². The molecular weight excluding hydrogens is 342 g/mol. The van der Waals surface area contributed by atoms with Crippen LogP contribution in [-0.2, 0) is 13.1 Å². The molecular formula is C21H23N3OS. The fourth-order valence-corrected chi connectivity index (χ4v) is 3.28. The van der Waals surface area contributed by atoms with E-state index in [1.165, 1.54) is 11.1 Å². The Morgan fingerprint density at radius 1 is 1.08 bits per heavy atom. The van der Waals surface area contributed by atoms with E-state index in [0.29, 0.717) is 6.54 Å². The molecule has 0 spiro atoms. The predicted octanol–water partition coefficient (Wildman–Crippen LogP) is 4.89. The van der Waals surface area contributed by atoms with Gasteiger partial charge in [-0.1, -0.05) is 35.9 Å². The summed E-state index contributed by atoms with van der Waals surface area (Å²) in [6.45, 7) is 3.37. The highest BCUT2D eigenvalue weighted by Crippen LogP contribution is 2.18. The number of rotatable bonds is 6. The summed E-state index contributed by atoms with van der Waals surface area (Å²) >= 11 is 1.65. The first-order valence-electron chi connectivity index (χ1n) is 8.52. The molecule has 26 heavy (non-hydrogen) atoms. The number of anilines is 1. The highest BCUT2D eigenvalue weighted by atomic mass is 32.2. The van der Waals surface area contributed by atoms with Crippen molar-refractivity contribution in [2.75, 3.05) is 11.6 Å². The summed E-state index contributed by atoms with van der Waals surface area (Å²) in [5, 5.41) is 5.81. The number of carbonyl (C=O) groups is 1. The second-order valence-corrected chi connectivity index (χ2v) is 7.04. The van der Waals surface area contributed by atoms with E-state index in [0.717, 1.165) is 22.8 Å². The summed E-state index contributed by atoms with van der Waals surface area (Å²) in [5.74, 6) is 0. The molecule has 0 saturated carbocycles. The number of thioether (sulfide) groups is 1. The van der Waals surface area contributed by atoms with Crippen LogP contribution in [0.25, 0.3) is 0 Å². The summed E-state index contributed by atoms with van der Waals surface area (Å²) in [6.07, 6.45) is 4.06. The molecule has 0 fully saturated rings. The molecule has 1 aromatic heterocycles. The van der Waals surface area contributed by atoms with Crippen LogP contribution in [0.3, 0.4) is 0 Å². The Balaban J connectivity index is 1.58. The topological polar surface area (TPSA) is 46.1 Å². The third-order valence-corrected chi connectivity index (χ3v) is 4.84. The molecule has 0 unspecified atom stereocenters. The van der Waals surface area contributed by atoms with Crippen LogP contribution in [0.1, 0.15) is 16.8 Å². The SMILES string of the molecule is CSc1cccc(NC(=O)NCc2cccn2Cc2cccc(C)c2)c1. The van der Waals surface area contributed by atoms with Gasteiger partial charge < -0.3 is 15.2 Å². The number of aryl methyl sites for hydroxylation is 1. The molecule has 134 valence electrons. The van der Waals surface area contributed by atoms with Gasteiger partial charge in [-0.2, -0.15) is 0 Å². The highest BCUT2D eigenvalue weighted by molar-refractivity contribution is 7.98. The molecule has 1 heterocycles. The van der Waals surface area contributed by atoms with Crippen molar-refractivity contribution in [3.05, 3.63) is 83.7 Å². The zero-order chi connectivity index (χ0) is 18.4. The smallest absolute Gasteiger partial charge is 0.319 e. The van der Waals surface area contributed by atoms with Gasteiger partial charge in [0.05, 0.1) is 6.54 Å². The molecule has 0 aliphatic rings. The molecule has 2 N–H and O–H groups in total. The number of nitrogens with zero attached hydrogens (tertiary/aromatic N) is 1. The van der Waals surface area contributed by atoms with E-state index in [-0.39, 0.29) is 6.03 Å². The van der Waals surface area contributed by atoms with Gasteiger partial charge in [-0.3, -0.25) is 0 Å². The average Bonchev–Trinajstić information content (AvgIpc) is 3.07. The van der Waals surface area contributed by atoms with Crippen LogP contribution in [0.4, 0.5) is 10.5 Å². The van der Waals surface area contributed by atoms with Crippen LogP contribution in [0, 0.1) is 6.92 Å². The maximum atomic E-state index is 12.2. The Labute approximate surface area is 158 Å². The number of hydrogen-bond donors (Lipinski definition) is 2. The van der Waals surface area contributed by atoms with Crippen molar-refractivity contribution in [1.82, 2.24) is 9.88 Å². The van der Waals surface area contributed by atoms with Crippen LogP contribution in [-0.4, -0.2) is 16.9 Å². The summed E-state index contributed by atoms with van der Waals surface area (Å²) in [7, 11) is 0. The summed E-state index contributed by atoms with van der Waals surface area (Å²) < 4.78 is 2.16. The lowest BCUT2D eigenvalue weighted by Gasteiger charge is -2.12. The molecule has 0 radical (unpaired) electrons. The van der Waals surface area contributed by atoms with E-state index < -0.39 is 0 Å². The van der Waals surface area contributed by atoms with Crippen molar-refractivity contribution in [3.8, 4) is 0 Å². The first-order valence-corrected chi connectivity index (χ1v) is 9.75. The number of carbonyl (C=O) groups excluding carboxylic acids is 1. The van der Waals surface area contributed by atoms with Gasteiger partial charge in [0.1, 0.15) is 0 Å². The fraction of sp³-hybridized carbons (Fsp3) is 0.190. The van der Waals surface area contributed by atoms with Gasteiger partial charge in [0, 0.05) is 29.0 Å². The maximum Gasteiger partial charge on any atom is 0.319 e. The van der Waals surface area contributed by atoms with E-state index in [2.05, 4.69) is 46.4 Å². The van der Waals surface area contributed by atoms with E-state index >= 15 is 0 Å². The van der Waals surface area contributed by atoms with Crippen LogP contribution in [0.15, 0.2) is 71.8 Å². The average molecular weight is 366 g/mol. The summed E-state index contributed by atoms with van der Waals surface area (Å²) in [4.78, 5) is 13.3. The normalized spacial score (nSPS) is 10.5. The van der Waals surface area contributed by atoms with Crippen LogP contribution in [0.5, 0.6) is 0 Å². The molecule has 2 aromatic carbocycles. The molecule has 3 aromatic rings. The number of benzene rings is 2. The Bertz CT molecular complexity index is 888. The van der Waals surface area contributed by atoms with Gasteiger partial charge >= 0.3 is 6.03 Å². The molecule has 0 saturated heterocycles. The van der Waals surface area contributed by atoms with Crippen LogP contribution >= 0.6 is 11.8 Å². The quantitative estimate of drug-likeness (QED) is 0.611. The van der Waals surface area contributed by atoms with Crippen molar-refractivity contribution in [2.24, 2.45) is 0 Å². The van der Waals surface area contributed by atoms with Crippen LogP contribution in [0.2, 0.25) is 0 Å². The first-order chi connectivity index (χ1) is 12.6. The van der Waals surface area contributed by atoms with E-state index in [1.807, 2.05) is 48.9 Å². The molecule has 0 atom stereocenters. The Morgan fingerprint density at radius 3 is 2.73 bits per heavy atom. The van der Waals surface area contributed by atoms with E-state index in [1.54, 1.807) is 11.8 Å². The first kappa shape index (κ1) is 18.1. The van der Waals surface area contributed by atoms with Crippen molar-refractivity contribution in [3.63, 3.8) is 0 Å². The molecule has 0 aliphatic carbocycles. The second kappa shape index (κ2) is 8.63. The number of aromatic nitrogens is 1. The number of amides is 2. The van der Waals surface area contributed by atoms with Gasteiger partial charge in [-0.25, -0.2) is 4.79 Å². The van der Waals surface area contributed by atoms with Crippen LogP contribution < -0.4 is 10.6 Å². The van der Waals surface area contributed by atoms with Gasteiger partial charge in [0.15, 0.2) is 0 Å². The predicted molar refractivity (Wildman–Crippen MR) is 109 cm³/mol. The minimum atomic E-state index is -0.202. The van der Waals surface area contributed by atoms with Gasteiger partial charge in [-0.05, 0) is 49.1 Å². The molecule has 2 amide bonds. The monoisotopic (exact) mass is 365 g/mol. The van der Waals surface area contributed by atoms with E-state index in [4.69, 9.17) is 0 Å². The maximum absolute atomic E-state index is 12.2. The van der Waals surface area contributed by atoms with Gasteiger partial charge in [0.2, 0.25) is 0 Å². The molecule has 5 heteroatoms. The van der Waals surface area contributed by atoms with Crippen molar-refractivity contribution < 1.29 is 4.79 Å². The third kappa shape index (κ3) is 4.92. The molecule has 3 rings (SSSR count). The molecule has 4 nitrogen and oxygen atoms in total. The summed E-state index contributed by atoms with van der Waals surface area (Å²) in [5.41, 5.74) is 4.37. The second-order valence-electron chi connectivity index (χ2n) is 6.16. The lowest BCUT2D eigenvalue weighted by Crippen LogP contribution is -2.29. The Kier molecular flexibility index (Phi) is 6.02. The number of nitrogens with one attached hydrogen (secondary N) is 2. The fourth-order valence-electron chi connectivity index (χ4n) is 2.82. The minimum absolute atomic E-state index is 0.202. The molecule has 0 aliphatic heterocycles. The minimum Gasteiger partial charge on any atom is -0.345 e. The largest absolute Gasteiger partial charge is 0.345 e. The standard InChI is InChI=1S/C21H23N3OS/c1-16-6-3-7-17(12-16)15-24-11-5-9-19(24)14-22-21(25)23-18-8-4-10-20(13-18)26-2/h3-13H,14-15H2,1-2H3,(H2,22,23,25). The Morgan fingerprint density at radius 2 is 1.92 bits per heavy atom. The van der Waals surface area contributed by atoms with Crippen molar-refractivity contribution in [2.45, 2.75) is 24.9 Å². The van der Waals surface area contributed by atoms with Crippen molar-refractivity contribution >= 4 is 23.5 Å². The number of urea groups is 1. The zero-order valence-corrected chi connectivity index (χ0v) is 15.8. The van der Waals surface area contributed by atoms with E-state index in [9.17, 15) is 4.79 Å².